The molecule has 0 fully saturated rings. The van der Waals surface area contributed by atoms with Crippen LogP contribution in [0.5, 0.6) is 0 Å². The Bertz CT molecular complexity index is 135. The first kappa shape index (κ1) is 12.8. The molecule has 0 aliphatic carbocycles. The average molecular weight is 192 g/mol. The number of nitrogens with two attached hydrogens (primary N) is 1. The Kier molecular flexibility index (Phi) is 7.51. The maximum Gasteiger partial charge on any atom is 0.692 e. The maximum absolute atomic E-state index is 9.57. The highest BCUT2D eigenvalue weighted by Crippen LogP contribution is 2.30. The zero-order valence-corrected chi connectivity index (χ0v) is 6.57. The molecule has 0 radical (unpaired) electrons. The normalized spacial score (nSPS) is 9.70. The van der Waals surface area contributed by atoms with E-state index in [4.69, 9.17) is 24.1 Å². The summed E-state index contributed by atoms with van der Waals surface area (Å²) in [5, 5.41) is 0. The molecule has 9 heteroatoms. The molecule has 7 nitrogen and oxygen atoms in total. The first-order chi connectivity index (χ1) is 4.29. The molecule has 0 aromatic heterocycles. The minimum absolute atomic E-state index is 0.562. The van der Waals surface area contributed by atoms with Crippen molar-refractivity contribution in [2.24, 2.45) is 5.73 Å². The molecular formula is CH8NO6P2+. The van der Waals surface area contributed by atoms with Crippen molar-refractivity contribution >= 4 is 15.9 Å². The standard InChI is InChI=1S/CH6NO3P.HO3P/c2-1-6(3,4)5;1-4(2)3/h1-2H2,(H2,3,4,5);(H-,1,2,3)/p+1. The predicted octanol–water partition coefficient (Wildman–Crippen LogP) is -1.29. The number of hydrogen-bond acceptors (Lipinski definition) is 3. The zero-order chi connectivity index (χ0) is 8.78. The molecule has 0 bridgehead atoms. The van der Waals surface area contributed by atoms with Crippen LogP contribution >= 0.6 is 15.9 Å². The fourth-order valence-electron chi connectivity index (χ4n) is 0. The van der Waals surface area contributed by atoms with E-state index in [2.05, 4.69) is 5.73 Å². The van der Waals surface area contributed by atoms with Crippen molar-refractivity contribution in [2.75, 3.05) is 6.29 Å². The largest absolute Gasteiger partial charge is 0.692 e. The summed E-state index contributed by atoms with van der Waals surface area (Å²) < 4.78 is 18.3. The molecule has 0 aromatic carbocycles. The van der Waals surface area contributed by atoms with Gasteiger partial charge in [-0.2, -0.15) is 0 Å². The van der Waals surface area contributed by atoms with Gasteiger partial charge in [0.05, 0.1) is 6.29 Å². The molecule has 0 saturated heterocycles. The molecule has 0 atom stereocenters. The van der Waals surface area contributed by atoms with Crippen molar-refractivity contribution in [3.8, 4) is 0 Å². The van der Waals surface area contributed by atoms with E-state index in [1.54, 1.807) is 0 Å². The van der Waals surface area contributed by atoms with Gasteiger partial charge in [0.2, 0.25) is 0 Å². The summed E-state index contributed by atoms with van der Waals surface area (Å²) >= 11 is 0. The Morgan fingerprint density at radius 2 is 1.50 bits per heavy atom. The van der Waals surface area contributed by atoms with Crippen molar-refractivity contribution in [3.05, 3.63) is 0 Å². The van der Waals surface area contributed by atoms with Crippen LogP contribution in [0.4, 0.5) is 0 Å². The van der Waals surface area contributed by atoms with Crippen molar-refractivity contribution < 1.29 is 28.7 Å². The zero-order valence-electron chi connectivity index (χ0n) is 4.78. The molecule has 0 rings (SSSR count). The van der Waals surface area contributed by atoms with E-state index in [-0.39, 0.29) is 0 Å². The van der Waals surface area contributed by atoms with Gasteiger partial charge in [0.1, 0.15) is 0 Å². The summed E-state index contributed by atoms with van der Waals surface area (Å²) in [6.45, 7) is 0. The van der Waals surface area contributed by atoms with Crippen LogP contribution < -0.4 is 5.73 Å². The van der Waals surface area contributed by atoms with Crippen molar-refractivity contribution in [1.29, 1.82) is 0 Å². The van der Waals surface area contributed by atoms with Crippen LogP contribution in [0.15, 0.2) is 0 Å². The number of hydrogen-bond donors (Lipinski definition) is 5. The second-order valence-corrected chi connectivity index (χ2v) is 3.30. The minimum Gasteiger partial charge on any atom is -0.324 e. The predicted molar refractivity (Wildman–Crippen MR) is 33.1 cm³/mol. The smallest absolute Gasteiger partial charge is 0.324 e. The Morgan fingerprint density at radius 3 is 1.50 bits per heavy atom. The molecule has 0 spiro atoms. The molecule has 0 saturated carbocycles. The monoisotopic (exact) mass is 192 g/mol. The molecule has 0 aliphatic heterocycles. The van der Waals surface area contributed by atoms with Gasteiger partial charge in [-0.3, -0.25) is 4.57 Å². The Hall–Kier alpha value is 0.130. The van der Waals surface area contributed by atoms with E-state index in [1.807, 2.05) is 0 Å². The summed E-state index contributed by atoms with van der Waals surface area (Å²) in [6, 6.07) is 0. The highest BCUT2D eigenvalue weighted by atomic mass is 31.2. The SMILES string of the molecule is NCP(=O)(O)O.O=[P+](O)O. The Morgan fingerprint density at radius 1 is 1.40 bits per heavy atom. The summed E-state index contributed by atoms with van der Waals surface area (Å²) in [4.78, 5) is 29.9. The molecule has 0 aliphatic rings. The van der Waals surface area contributed by atoms with Crippen molar-refractivity contribution in [1.82, 2.24) is 0 Å². The first-order valence-electron chi connectivity index (χ1n) is 1.89. The van der Waals surface area contributed by atoms with Gasteiger partial charge in [0, 0.05) is 4.57 Å². The van der Waals surface area contributed by atoms with E-state index in [1.165, 1.54) is 0 Å². The van der Waals surface area contributed by atoms with E-state index in [0.717, 1.165) is 0 Å². The van der Waals surface area contributed by atoms with Gasteiger partial charge in [-0.15, -0.1) is 9.79 Å². The third kappa shape index (κ3) is 42.2. The van der Waals surface area contributed by atoms with Gasteiger partial charge in [-0.25, -0.2) is 0 Å². The van der Waals surface area contributed by atoms with E-state index in [0.29, 0.717) is 0 Å². The fraction of sp³-hybridized carbons (Fsp3) is 1.00. The van der Waals surface area contributed by atoms with Crippen LogP contribution in [0.1, 0.15) is 0 Å². The van der Waals surface area contributed by atoms with Crippen molar-refractivity contribution in [3.63, 3.8) is 0 Å². The van der Waals surface area contributed by atoms with Crippen LogP contribution in [0, 0.1) is 0 Å². The van der Waals surface area contributed by atoms with Crippen LogP contribution in [0.25, 0.3) is 0 Å². The van der Waals surface area contributed by atoms with Crippen LogP contribution in [-0.4, -0.2) is 25.9 Å². The maximum atomic E-state index is 9.57. The minimum atomic E-state index is -3.87. The van der Waals surface area contributed by atoms with Crippen LogP contribution in [0.3, 0.4) is 0 Å². The fourth-order valence-corrected chi connectivity index (χ4v) is 0. The quantitative estimate of drug-likeness (QED) is 0.325. The molecule has 0 amide bonds. The molecule has 62 valence electrons. The number of rotatable bonds is 1. The topological polar surface area (TPSA) is 141 Å². The molecule has 0 heterocycles. The first-order valence-corrected chi connectivity index (χ1v) is 4.85. The van der Waals surface area contributed by atoms with E-state index < -0.39 is 22.1 Å². The van der Waals surface area contributed by atoms with Gasteiger partial charge in [-0.05, 0) is 0 Å². The Labute approximate surface area is 57.6 Å². The molecule has 0 aromatic rings. The van der Waals surface area contributed by atoms with Crippen LogP contribution in [0.2, 0.25) is 0 Å². The summed E-state index contributed by atoms with van der Waals surface area (Å²) in [5.74, 6) is 0. The lowest BCUT2D eigenvalue weighted by Gasteiger charge is -1.92. The molecule has 10 heavy (non-hydrogen) atoms. The van der Waals surface area contributed by atoms with E-state index in [9.17, 15) is 4.57 Å². The highest BCUT2D eigenvalue weighted by molar-refractivity contribution is 7.51. The summed E-state index contributed by atoms with van der Waals surface area (Å²) in [7, 11) is -6.74. The van der Waals surface area contributed by atoms with Gasteiger partial charge in [0.15, 0.2) is 0 Å². The lowest BCUT2D eigenvalue weighted by molar-refractivity contribution is 0.373. The highest BCUT2D eigenvalue weighted by Gasteiger charge is 2.05. The van der Waals surface area contributed by atoms with Gasteiger partial charge >= 0.3 is 15.9 Å². The van der Waals surface area contributed by atoms with Crippen LogP contribution in [-0.2, 0) is 9.13 Å². The Balaban J connectivity index is 0. The third-order valence-corrected chi connectivity index (χ3v) is 0.714. The lowest BCUT2D eigenvalue weighted by atomic mass is 11.6. The lowest BCUT2D eigenvalue weighted by Crippen LogP contribution is -1.97. The average Bonchev–Trinajstić information content (AvgIpc) is 1.63. The van der Waals surface area contributed by atoms with E-state index >= 15 is 0 Å². The van der Waals surface area contributed by atoms with Gasteiger partial charge in [-0.1, -0.05) is 0 Å². The molecule has 0 unspecified atom stereocenters. The molecule has 6 N–H and O–H groups in total. The summed E-state index contributed by atoms with van der Waals surface area (Å²) in [5.41, 5.74) is 4.54. The second-order valence-electron chi connectivity index (χ2n) is 1.10. The molecular weight excluding hydrogens is 184 g/mol. The third-order valence-electron chi connectivity index (χ3n) is 0.238. The van der Waals surface area contributed by atoms with Gasteiger partial charge < -0.3 is 15.5 Å². The van der Waals surface area contributed by atoms with Gasteiger partial charge in [0.25, 0.3) is 0 Å². The second kappa shape index (κ2) is 5.88. The van der Waals surface area contributed by atoms with Crippen molar-refractivity contribution in [2.45, 2.75) is 0 Å². The summed E-state index contributed by atoms with van der Waals surface area (Å²) in [6.07, 6.45) is -0.562.